The predicted octanol–water partition coefficient (Wildman–Crippen LogP) is 3.13. The lowest BCUT2D eigenvalue weighted by Crippen LogP contribution is -2.10. The second-order valence-corrected chi connectivity index (χ2v) is 4.97. The van der Waals surface area contributed by atoms with Crippen molar-refractivity contribution in [2.24, 2.45) is 5.84 Å². The van der Waals surface area contributed by atoms with E-state index in [4.69, 9.17) is 5.84 Å². The number of rotatable bonds is 2. The molecule has 2 aromatic heterocycles. The van der Waals surface area contributed by atoms with E-state index in [1.807, 2.05) is 36.4 Å². The van der Waals surface area contributed by atoms with Crippen molar-refractivity contribution in [3.05, 3.63) is 60.8 Å². The van der Waals surface area contributed by atoms with Crippen molar-refractivity contribution in [1.82, 2.24) is 15.2 Å². The van der Waals surface area contributed by atoms with E-state index in [9.17, 15) is 0 Å². The minimum Gasteiger partial charge on any atom is -0.306 e. The number of hydrogen-bond donors (Lipinski definition) is 2. The summed E-state index contributed by atoms with van der Waals surface area (Å²) in [6, 6.07) is 18.2. The highest BCUT2D eigenvalue weighted by Crippen LogP contribution is 2.36. The van der Waals surface area contributed by atoms with Gasteiger partial charge >= 0.3 is 0 Å². The molecule has 0 bridgehead atoms. The fraction of sp³-hybridized carbons (Fsp3) is 0. The average molecular weight is 287 g/mol. The summed E-state index contributed by atoms with van der Waals surface area (Å²) >= 11 is 0. The lowest BCUT2D eigenvalue weighted by atomic mass is 9.97. The van der Waals surface area contributed by atoms with Crippen LogP contribution < -0.4 is 11.3 Å². The first-order valence-corrected chi connectivity index (χ1v) is 6.94. The van der Waals surface area contributed by atoms with E-state index in [1.54, 1.807) is 6.20 Å². The largest absolute Gasteiger partial charge is 0.306 e. The molecule has 4 aromatic rings. The fourth-order valence-electron chi connectivity index (χ4n) is 2.76. The molecular weight excluding hydrogens is 274 g/mol. The summed E-state index contributed by atoms with van der Waals surface area (Å²) < 4.78 is 0. The summed E-state index contributed by atoms with van der Waals surface area (Å²) in [5, 5.41) is 10.0. The summed E-state index contributed by atoms with van der Waals surface area (Å²) in [5.74, 6) is 6.15. The van der Waals surface area contributed by atoms with Crippen molar-refractivity contribution in [3.8, 4) is 11.1 Å². The predicted molar refractivity (Wildman–Crippen MR) is 88.1 cm³/mol. The molecule has 0 radical (unpaired) electrons. The standard InChI is InChI=1S/C17H13N5/c18-21-17-16-14(10-19-22-17)20-13-9-5-4-8-12(13)15(16)11-6-2-1-3-7-11/h1-10H,18H2,(H,21,22). The Morgan fingerprint density at radius 3 is 2.45 bits per heavy atom. The highest BCUT2D eigenvalue weighted by Gasteiger charge is 2.15. The molecule has 2 aromatic carbocycles. The molecule has 0 aliphatic heterocycles. The van der Waals surface area contributed by atoms with E-state index in [-0.39, 0.29) is 0 Å². The Morgan fingerprint density at radius 2 is 1.64 bits per heavy atom. The molecule has 106 valence electrons. The number of hydrogen-bond acceptors (Lipinski definition) is 5. The van der Waals surface area contributed by atoms with Crippen molar-refractivity contribution in [1.29, 1.82) is 0 Å². The Labute approximate surface area is 126 Å². The molecule has 0 amide bonds. The Bertz CT molecular complexity index is 966. The molecule has 0 fully saturated rings. The zero-order valence-corrected chi connectivity index (χ0v) is 11.7. The van der Waals surface area contributed by atoms with Crippen LogP contribution in [0.5, 0.6) is 0 Å². The maximum Gasteiger partial charge on any atom is 0.172 e. The third-order valence-corrected chi connectivity index (χ3v) is 3.69. The summed E-state index contributed by atoms with van der Waals surface area (Å²) in [6.45, 7) is 0. The van der Waals surface area contributed by atoms with Crippen LogP contribution in [-0.4, -0.2) is 15.2 Å². The third-order valence-electron chi connectivity index (χ3n) is 3.69. The third kappa shape index (κ3) is 1.88. The second kappa shape index (κ2) is 5.05. The normalized spacial score (nSPS) is 11.0. The number of benzene rings is 2. The number of fused-ring (bicyclic) bond motifs is 2. The number of nitrogens with one attached hydrogen (secondary N) is 1. The lowest BCUT2D eigenvalue weighted by Gasteiger charge is -2.13. The number of nitrogens with zero attached hydrogens (tertiary/aromatic N) is 3. The Balaban J connectivity index is 2.25. The Hall–Kier alpha value is -3.05. The van der Waals surface area contributed by atoms with E-state index in [1.165, 1.54) is 0 Å². The summed E-state index contributed by atoms with van der Waals surface area (Å²) in [4.78, 5) is 4.67. The molecule has 2 heterocycles. The fourth-order valence-corrected chi connectivity index (χ4v) is 2.76. The number of hydrazine groups is 1. The molecule has 0 unspecified atom stereocenters. The van der Waals surface area contributed by atoms with Gasteiger partial charge in [0.1, 0.15) is 0 Å². The molecule has 0 saturated carbocycles. The van der Waals surface area contributed by atoms with Crippen molar-refractivity contribution < 1.29 is 0 Å². The average Bonchev–Trinajstić information content (AvgIpc) is 2.59. The van der Waals surface area contributed by atoms with Crippen LogP contribution in [-0.2, 0) is 0 Å². The van der Waals surface area contributed by atoms with Crippen LogP contribution in [0.4, 0.5) is 5.82 Å². The SMILES string of the molecule is NNc1nncc2nc3ccccc3c(-c3ccccc3)c12. The molecule has 0 aliphatic rings. The van der Waals surface area contributed by atoms with Crippen LogP contribution in [0, 0.1) is 0 Å². The topological polar surface area (TPSA) is 76.7 Å². The first-order chi connectivity index (χ1) is 10.9. The zero-order valence-electron chi connectivity index (χ0n) is 11.7. The van der Waals surface area contributed by atoms with Gasteiger partial charge in [-0.15, -0.1) is 5.10 Å². The van der Waals surface area contributed by atoms with Gasteiger partial charge in [-0.05, 0) is 11.6 Å². The zero-order chi connectivity index (χ0) is 14.9. The van der Waals surface area contributed by atoms with Gasteiger partial charge in [-0.1, -0.05) is 48.5 Å². The maximum atomic E-state index is 5.63. The minimum atomic E-state index is 0.523. The van der Waals surface area contributed by atoms with Crippen LogP contribution in [0.3, 0.4) is 0 Å². The smallest absolute Gasteiger partial charge is 0.172 e. The molecule has 0 atom stereocenters. The quantitative estimate of drug-likeness (QED) is 0.336. The van der Waals surface area contributed by atoms with Gasteiger partial charge in [-0.2, -0.15) is 5.10 Å². The maximum absolute atomic E-state index is 5.63. The number of nitrogen functional groups attached to an aromatic ring is 1. The van der Waals surface area contributed by atoms with Crippen LogP contribution in [0.2, 0.25) is 0 Å². The lowest BCUT2D eigenvalue weighted by molar-refractivity contribution is 1.03. The summed E-state index contributed by atoms with van der Waals surface area (Å²) in [5.41, 5.74) is 6.47. The van der Waals surface area contributed by atoms with E-state index in [2.05, 4.69) is 38.8 Å². The molecule has 5 heteroatoms. The van der Waals surface area contributed by atoms with Gasteiger partial charge < -0.3 is 5.43 Å². The molecular formula is C17H13N5. The number of aromatic nitrogens is 3. The van der Waals surface area contributed by atoms with Gasteiger partial charge in [-0.25, -0.2) is 10.8 Å². The van der Waals surface area contributed by atoms with Gasteiger partial charge in [0.25, 0.3) is 0 Å². The van der Waals surface area contributed by atoms with Crippen molar-refractivity contribution >= 4 is 27.6 Å². The van der Waals surface area contributed by atoms with Gasteiger partial charge in [0, 0.05) is 10.9 Å². The van der Waals surface area contributed by atoms with Crippen molar-refractivity contribution in [2.45, 2.75) is 0 Å². The minimum absolute atomic E-state index is 0.523. The van der Waals surface area contributed by atoms with Crippen LogP contribution in [0.15, 0.2) is 60.8 Å². The van der Waals surface area contributed by atoms with Gasteiger partial charge in [0.2, 0.25) is 0 Å². The van der Waals surface area contributed by atoms with Gasteiger partial charge in [-0.3, -0.25) is 0 Å². The van der Waals surface area contributed by atoms with E-state index in [0.29, 0.717) is 5.82 Å². The van der Waals surface area contributed by atoms with E-state index in [0.717, 1.165) is 32.9 Å². The van der Waals surface area contributed by atoms with E-state index >= 15 is 0 Å². The monoisotopic (exact) mass is 287 g/mol. The molecule has 22 heavy (non-hydrogen) atoms. The molecule has 5 nitrogen and oxygen atoms in total. The summed E-state index contributed by atoms with van der Waals surface area (Å²) in [7, 11) is 0. The molecule has 0 spiro atoms. The Morgan fingerprint density at radius 1 is 0.864 bits per heavy atom. The van der Waals surface area contributed by atoms with E-state index < -0.39 is 0 Å². The molecule has 4 rings (SSSR count). The van der Waals surface area contributed by atoms with Crippen LogP contribution in [0.1, 0.15) is 0 Å². The number of anilines is 1. The Kier molecular flexibility index (Phi) is 2.91. The second-order valence-electron chi connectivity index (χ2n) is 4.97. The van der Waals surface area contributed by atoms with Crippen molar-refractivity contribution in [3.63, 3.8) is 0 Å². The van der Waals surface area contributed by atoms with Gasteiger partial charge in [0.15, 0.2) is 5.82 Å². The highest BCUT2D eigenvalue weighted by molar-refractivity contribution is 6.12. The number of pyridine rings is 1. The summed E-state index contributed by atoms with van der Waals surface area (Å²) in [6.07, 6.45) is 1.66. The van der Waals surface area contributed by atoms with Gasteiger partial charge in [0.05, 0.1) is 22.6 Å². The first-order valence-electron chi connectivity index (χ1n) is 6.94. The number of nitrogens with two attached hydrogens (primary N) is 1. The highest BCUT2D eigenvalue weighted by atomic mass is 15.3. The van der Waals surface area contributed by atoms with Crippen LogP contribution >= 0.6 is 0 Å². The molecule has 0 aliphatic carbocycles. The molecule has 3 N–H and O–H groups in total. The van der Waals surface area contributed by atoms with Crippen molar-refractivity contribution in [2.75, 3.05) is 5.43 Å². The van der Waals surface area contributed by atoms with Crippen LogP contribution in [0.25, 0.3) is 32.9 Å². The first kappa shape index (κ1) is 12.7. The molecule has 0 saturated heterocycles. The number of para-hydroxylation sites is 1.